The van der Waals surface area contributed by atoms with Gasteiger partial charge in [0.2, 0.25) is 5.95 Å². The lowest BCUT2D eigenvalue weighted by molar-refractivity contribution is -0.116. The van der Waals surface area contributed by atoms with Crippen LogP contribution in [0.5, 0.6) is 0 Å². The largest absolute Gasteiger partial charge is 0.378 e. The van der Waals surface area contributed by atoms with Gasteiger partial charge in [-0.25, -0.2) is 0 Å². The van der Waals surface area contributed by atoms with Gasteiger partial charge in [-0.15, -0.1) is 0 Å². The Balaban J connectivity index is 1.67. The quantitative estimate of drug-likeness (QED) is 0.788. The normalized spacial score (nSPS) is 21.5. The number of benzene rings is 1. The summed E-state index contributed by atoms with van der Waals surface area (Å²) in [7, 11) is 0. The molecule has 0 amide bonds. The maximum atomic E-state index is 13.2. The molecule has 3 aliphatic rings. The number of carbonyl (C=O) groups excluding carboxylic acids is 1. The Morgan fingerprint density at radius 3 is 2.62 bits per heavy atom. The Bertz CT molecular complexity index is 1050. The zero-order valence-corrected chi connectivity index (χ0v) is 16.6. The molecule has 0 spiro atoms. The Labute approximate surface area is 172 Å². The molecule has 150 valence electrons. The van der Waals surface area contributed by atoms with E-state index < -0.39 is 5.92 Å². The fourth-order valence-electron chi connectivity index (χ4n) is 4.36. The van der Waals surface area contributed by atoms with E-state index in [-0.39, 0.29) is 11.3 Å². The van der Waals surface area contributed by atoms with E-state index in [0.29, 0.717) is 60.6 Å². The van der Waals surface area contributed by atoms with Gasteiger partial charge in [-0.05, 0) is 30.5 Å². The Kier molecular flexibility index (Phi) is 4.64. The third-order valence-electron chi connectivity index (χ3n) is 5.76. The maximum absolute atomic E-state index is 13.2. The molecule has 2 aromatic rings. The molecule has 1 saturated heterocycles. The van der Waals surface area contributed by atoms with E-state index >= 15 is 0 Å². The first kappa shape index (κ1) is 18.4. The van der Waals surface area contributed by atoms with Crippen LogP contribution in [0, 0.1) is 0 Å². The molecule has 7 nitrogen and oxygen atoms in total. The van der Waals surface area contributed by atoms with Crippen LogP contribution in [-0.4, -0.2) is 42.1 Å². The number of hydrogen-bond donors (Lipinski definition) is 2. The molecular weight excluding hydrogens is 392 g/mol. The van der Waals surface area contributed by atoms with Crippen LogP contribution in [0.3, 0.4) is 0 Å². The van der Waals surface area contributed by atoms with Gasteiger partial charge in [0.1, 0.15) is 5.82 Å². The van der Waals surface area contributed by atoms with Crippen molar-refractivity contribution < 1.29 is 9.53 Å². The van der Waals surface area contributed by atoms with E-state index in [1.165, 1.54) is 0 Å². The summed E-state index contributed by atoms with van der Waals surface area (Å²) >= 11 is 6.07. The van der Waals surface area contributed by atoms with Crippen molar-refractivity contribution in [1.29, 1.82) is 0 Å². The second kappa shape index (κ2) is 7.31. The summed E-state index contributed by atoms with van der Waals surface area (Å²) in [5, 5.41) is 3.92. The predicted octanol–water partition coefficient (Wildman–Crippen LogP) is 2.82. The van der Waals surface area contributed by atoms with Crippen LogP contribution in [0.15, 0.2) is 40.3 Å². The number of aromatic nitrogens is 2. The van der Waals surface area contributed by atoms with E-state index in [1.54, 1.807) is 12.1 Å². The average molecular weight is 413 g/mol. The molecule has 1 atom stereocenters. The van der Waals surface area contributed by atoms with Crippen LogP contribution in [0.25, 0.3) is 0 Å². The molecule has 1 aromatic heterocycles. The molecule has 1 aromatic carbocycles. The van der Waals surface area contributed by atoms with Gasteiger partial charge >= 0.3 is 0 Å². The SMILES string of the molecule is O=C1CCCC2=C1[C@H](c1ccc(Cl)cc1)c1c(nc(N3CCOCC3)[nH]c1=O)N2. The molecule has 8 heteroatoms. The highest BCUT2D eigenvalue weighted by Gasteiger charge is 2.38. The second-order valence-electron chi connectivity index (χ2n) is 7.53. The Morgan fingerprint density at radius 2 is 1.86 bits per heavy atom. The minimum atomic E-state index is -0.443. The van der Waals surface area contributed by atoms with Gasteiger partial charge in [0.05, 0.1) is 18.8 Å². The monoisotopic (exact) mass is 412 g/mol. The number of anilines is 2. The fraction of sp³-hybridized carbons (Fsp3) is 0.381. The number of ether oxygens (including phenoxy) is 1. The van der Waals surface area contributed by atoms with Crippen molar-refractivity contribution in [1.82, 2.24) is 9.97 Å². The van der Waals surface area contributed by atoms with Crippen LogP contribution in [-0.2, 0) is 9.53 Å². The number of fused-ring (bicyclic) bond motifs is 1. The Hall–Kier alpha value is -2.64. The lowest BCUT2D eigenvalue weighted by atomic mass is 9.76. The lowest BCUT2D eigenvalue weighted by Gasteiger charge is -2.34. The predicted molar refractivity (Wildman–Crippen MR) is 111 cm³/mol. The highest BCUT2D eigenvalue weighted by atomic mass is 35.5. The van der Waals surface area contributed by atoms with Crippen molar-refractivity contribution in [3.63, 3.8) is 0 Å². The molecule has 0 unspecified atom stereocenters. The number of nitrogens with zero attached hydrogens (tertiary/aromatic N) is 2. The molecule has 1 fully saturated rings. The summed E-state index contributed by atoms with van der Waals surface area (Å²) < 4.78 is 5.40. The zero-order chi connectivity index (χ0) is 20.0. The molecule has 5 rings (SSSR count). The van der Waals surface area contributed by atoms with Crippen LogP contribution >= 0.6 is 11.6 Å². The summed E-state index contributed by atoms with van der Waals surface area (Å²) in [6.07, 6.45) is 2.07. The van der Waals surface area contributed by atoms with Crippen LogP contribution in [0.2, 0.25) is 5.02 Å². The molecule has 1 aliphatic carbocycles. The van der Waals surface area contributed by atoms with Gasteiger partial charge in [0.25, 0.3) is 5.56 Å². The molecule has 0 saturated carbocycles. The number of carbonyl (C=O) groups is 1. The van der Waals surface area contributed by atoms with Crippen molar-refractivity contribution in [2.24, 2.45) is 0 Å². The third kappa shape index (κ3) is 3.24. The standard InChI is InChI=1S/C21H21ClN4O3/c22-13-6-4-12(5-7-13)16-17-14(2-1-3-15(17)27)23-19-18(16)20(28)25-21(24-19)26-8-10-29-11-9-26/h4-7,16H,1-3,8-11H2,(H2,23,24,25,28)/t16-/m0/s1. The van der Waals surface area contributed by atoms with Gasteiger partial charge in [0.15, 0.2) is 5.78 Å². The maximum Gasteiger partial charge on any atom is 0.258 e. The minimum absolute atomic E-state index is 0.0843. The van der Waals surface area contributed by atoms with Crippen molar-refractivity contribution in [2.75, 3.05) is 36.5 Å². The van der Waals surface area contributed by atoms with Crippen molar-refractivity contribution in [2.45, 2.75) is 25.2 Å². The highest BCUT2D eigenvalue weighted by molar-refractivity contribution is 6.30. The van der Waals surface area contributed by atoms with Crippen molar-refractivity contribution >= 4 is 29.2 Å². The third-order valence-corrected chi connectivity index (χ3v) is 6.01. The van der Waals surface area contributed by atoms with Crippen LogP contribution in [0.4, 0.5) is 11.8 Å². The summed E-state index contributed by atoms with van der Waals surface area (Å²) in [6.45, 7) is 2.56. The lowest BCUT2D eigenvalue weighted by Crippen LogP contribution is -2.40. The first-order valence-electron chi connectivity index (χ1n) is 9.87. The first-order chi connectivity index (χ1) is 14.1. The van der Waals surface area contributed by atoms with E-state index in [0.717, 1.165) is 24.1 Å². The van der Waals surface area contributed by atoms with Gasteiger partial charge in [-0.2, -0.15) is 4.98 Å². The molecule has 3 heterocycles. The van der Waals surface area contributed by atoms with E-state index in [1.807, 2.05) is 17.0 Å². The number of ketones is 1. The molecule has 2 aliphatic heterocycles. The number of allylic oxidation sites excluding steroid dienone is 2. The number of halogens is 1. The summed E-state index contributed by atoms with van der Waals surface area (Å²) in [5.74, 6) is 0.705. The Morgan fingerprint density at radius 1 is 1.10 bits per heavy atom. The summed E-state index contributed by atoms with van der Waals surface area (Å²) in [5.41, 5.74) is 2.68. The smallest absolute Gasteiger partial charge is 0.258 e. The minimum Gasteiger partial charge on any atom is -0.378 e. The van der Waals surface area contributed by atoms with Crippen molar-refractivity contribution in [3.8, 4) is 0 Å². The number of Topliss-reactive ketones (excluding diaryl/α,β-unsaturated/α-hetero) is 1. The molecule has 0 bridgehead atoms. The number of hydrogen-bond acceptors (Lipinski definition) is 6. The number of morpholine rings is 1. The fourth-order valence-corrected chi connectivity index (χ4v) is 4.49. The summed E-state index contributed by atoms with van der Waals surface area (Å²) in [6, 6.07) is 7.33. The van der Waals surface area contributed by atoms with Crippen LogP contribution < -0.4 is 15.8 Å². The number of nitrogens with one attached hydrogen (secondary N) is 2. The molecule has 2 N–H and O–H groups in total. The van der Waals surface area contributed by atoms with Gasteiger partial charge in [-0.1, -0.05) is 23.7 Å². The van der Waals surface area contributed by atoms with E-state index in [9.17, 15) is 9.59 Å². The van der Waals surface area contributed by atoms with Crippen LogP contribution in [0.1, 0.15) is 36.3 Å². The average Bonchev–Trinajstić information content (AvgIpc) is 2.74. The van der Waals surface area contributed by atoms with E-state index in [2.05, 4.69) is 10.3 Å². The van der Waals surface area contributed by atoms with Crippen molar-refractivity contribution in [3.05, 3.63) is 62.0 Å². The first-order valence-corrected chi connectivity index (χ1v) is 10.3. The number of rotatable bonds is 2. The van der Waals surface area contributed by atoms with E-state index in [4.69, 9.17) is 21.3 Å². The topological polar surface area (TPSA) is 87.3 Å². The molecule has 0 radical (unpaired) electrons. The van der Waals surface area contributed by atoms with Gasteiger partial charge in [0, 0.05) is 41.7 Å². The number of aromatic amines is 1. The summed E-state index contributed by atoms with van der Waals surface area (Å²) in [4.78, 5) is 35.7. The second-order valence-corrected chi connectivity index (χ2v) is 7.97. The molecular formula is C21H21ClN4O3. The zero-order valence-electron chi connectivity index (χ0n) is 15.8. The van der Waals surface area contributed by atoms with Gasteiger partial charge < -0.3 is 15.0 Å². The molecule has 29 heavy (non-hydrogen) atoms. The number of H-pyrrole nitrogens is 1. The highest BCUT2D eigenvalue weighted by Crippen LogP contribution is 2.43. The van der Waals surface area contributed by atoms with Gasteiger partial charge in [-0.3, -0.25) is 14.6 Å².